The van der Waals surface area contributed by atoms with Crippen molar-refractivity contribution < 1.29 is 28.2 Å². The number of ether oxygens (including phenoxy) is 3. The Hall–Kier alpha value is -2.93. The lowest BCUT2D eigenvalue weighted by Crippen LogP contribution is -2.15. The van der Waals surface area contributed by atoms with Gasteiger partial charge in [0.05, 0.1) is 14.2 Å². The first-order chi connectivity index (χ1) is 13.6. The van der Waals surface area contributed by atoms with E-state index in [9.17, 15) is 9.59 Å². The van der Waals surface area contributed by atoms with Crippen LogP contribution in [0.3, 0.4) is 0 Å². The van der Waals surface area contributed by atoms with Crippen LogP contribution in [0.1, 0.15) is 26.5 Å². The van der Waals surface area contributed by atoms with Crippen LogP contribution in [0.5, 0.6) is 11.5 Å². The smallest absolute Gasteiger partial charge is 0.375 e. The molecule has 2 aromatic carbocycles. The molecule has 6 nitrogen and oxygen atoms in total. The molecule has 7 heteroatoms. The van der Waals surface area contributed by atoms with Gasteiger partial charge in [0.15, 0.2) is 23.9 Å². The van der Waals surface area contributed by atoms with Gasteiger partial charge in [-0.25, -0.2) is 4.79 Å². The number of hydrogen-bond acceptors (Lipinski definition) is 7. The summed E-state index contributed by atoms with van der Waals surface area (Å²) in [6, 6.07) is 12.2. The second-order valence-electron chi connectivity index (χ2n) is 5.91. The van der Waals surface area contributed by atoms with E-state index >= 15 is 0 Å². The van der Waals surface area contributed by atoms with Crippen LogP contribution in [0.15, 0.2) is 46.9 Å². The number of rotatable bonds is 8. The van der Waals surface area contributed by atoms with Gasteiger partial charge in [0.25, 0.3) is 0 Å². The molecule has 0 N–H and O–H groups in total. The lowest BCUT2D eigenvalue weighted by atomic mass is 10.1. The predicted molar refractivity (Wildman–Crippen MR) is 108 cm³/mol. The van der Waals surface area contributed by atoms with Gasteiger partial charge in [-0.15, -0.1) is 0 Å². The summed E-state index contributed by atoms with van der Waals surface area (Å²) in [6.45, 7) is -0.399. The summed E-state index contributed by atoms with van der Waals surface area (Å²) in [6.07, 6.45) is 1.94. The van der Waals surface area contributed by atoms with Crippen molar-refractivity contribution in [3.05, 3.63) is 59.4 Å². The molecule has 0 aliphatic rings. The Balaban J connectivity index is 1.76. The molecule has 3 aromatic rings. The normalized spacial score (nSPS) is 10.7. The Morgan fingerprint density at radius 2 is 1.79 bits per heavy atom. The number of hydrogen-bond donors (Lipinski definition) is 0. The molecule has 1 heterocycles. The first-order valence-corrected chi connectivity index (χ1v) is 9.90. The van der Waals surface area contributed by atoms with Crippen molar-refractivity contribution in [2.24, 2.45) is 0 Å². The molecule has 0 unspecified atom stereocenters. The van der Waals surface area contributed by atoms with Gasteiger partial charge in [-0.05, 0) is 30.5 Å². The maximum atomic E-state index is 12.5. The van der Waals surface area contributed by atoms with Gasteiger partial charge in [-0.2, -0.15) is 11.8 Å². The van der Waals surface area contributed by atoms with Crippen molar-refractivity contribution in [3.8, 4) is 11.5 Å². The van der Waals surface area contributed by atoms with Crippen molar-refractivity contribution in [1.82, 2.24) is 0 Å². The highest BCUT2D eigenvalue weighted by Crippen LogP contribution is 2.30. The molecule has 0 bridgehead atoms. The third-order valence-electron chi connectivity index (χ3n) is 4.21. The highest BCUT2D eigenvalue weighted by atomic mass is 32.2. The monoisotopic (exact) mass is 400 g/mol. The lowest BCUT2D eigenvalue weighted by molar-refractivity contribution is 0.0445. The summed E-state index contributed by atoms with van der Waals surface area (Å²) in [4.78, 5) is 25.0. The largest absolute Gasteiger partial charge is 0.493 e. The van der Waals surface area contributed by atoms with Crippen molar-refractivity contribution in [2.75, 3.05) is 27.1 Å². The van der Waals surface area contributed by atoms with Gasteiger partial charge in [0, 0.05) is 22.3 Å². The molecule has 0 aliphatic carbocycles. The fourth-order valence-electron chi connectivity index (χ4n) is 2.84. The molecular formula is C21H20O6S. The molecule has 0 spiro atoms. The molecule has 146 valence electrons. The SMILES string of the molecule is COc1ccc(C(=O)COC(=O)c2oc3ccccc3c2CSC)cc1OC. The highest BCUT2D eigenvalue weighted by Gasteiger charge is 2.22. The topological polar surface area (TPSA) is 75.0 Å². The summed E-state index contributed by atoms with van der Waals surface area (Å²) < 4.78 is 21.3. The Morgan fingerprint density at radius 3 is 2.50 bits per heavy atom. The number of thioether (sulfide) groups is 1. The van der Waals surface area contributed by atoms with E-state index in [1.807, 2.05) is 24.5 Å². The van der Waals surface area contributed by atoms with Crippen LogP contribution in [0.4, 0.5) is 0 Å². The van der Waals surface area contributed by atoms with Crippen LogP contribution in [-0.2, 0) is 10.5 Å². The highest BCUT2D eigenvalue weighted by molar-refractivity contribution is 7.97. The Kier molecular flexibility index (Phi) is 6.26. The summed E-state index contributed by atoms with van der Waals surface area (Å²) in [5.41, 5.74) is 1.75. The van der Waals surface area contributed by atoms with Gasteiger partial charge < -0.3 is 18.6 Å². The molecule has 0 saturated heterocycles. The van der Waals surface area contributed by atoms with Crippen LogP contribution in [-0.4, -0.2) is 38.8 Å². The fraction of sp³-hybridized carbons (Fsp3) is 0.238. The van der Waals surface area contributed by atoms with E-state index in [-0.39, 0.29) is 11.5 Å². The molecule has 0 radical (unpaired) electrons. The lowest BCUT2D eigenvalue weighted by Gasteiger charge is -2.09. The number of Topliss-reactive ketones (excluding diaryl/α,β-unsaturated/α-hetero) is 1. The minimum absolute atomic E-state index is 0.135. The number of esters is 1. The molecular weight excluding hydrogens is 380 g/mol. The summed E-state index contributed by atoms with van der Waals surface area (Å²) >= 11 is 1.57. The van der Waals surface area contributed by atoms with E-state index in [4.69, 9.17) is 18.6 Å². The first kappa shape index (κ1) is 19.8. The van der Waals surface area contributed by atoms with Gasteiger partial charge in [-0.3, -0.25) is 4.79 Å². The van der Waals surface area contributed by atoms with Gasteiger partial charge >= 0.3 is 5.97 Å². The molecule has 1 aromatic heterocycles. The maximum Gasteiger partial charge on any atom is 0.375 e. The predicted octanol–water partition coefficient (Wildman–Crippen LogP) is 4.35. The zero-order chi connectivity index (χ0) is 20.1. The van der Waals surface area contributed by atoms with Crippen molar-refractivity contribution >= 4 is 34.5 Å². The van der Waals surface area contributed by atoms with Crippen molar-refractivity contribution in [1.29, 1.82) is 0 Å². The van der Waals surface area contributed by atoms with E-state index in [0.29, 0.717) is 28.4 Å². The van der Waals surface area contributed by atoms with Crippen LogP contribution in [0, 0.1) is 0 Å². The Morgan fingerprint density at radius 1 is 1.04 bits per heavy atom. The summed E-state index contributed by atoms with van der Waals surface area (Å²) in [7, 11) is 3.00. The van der Waals surface area contributed by atoms with E-state index in [0.717, 1.165) is 10.9 Å². The number of ketones is 1. The first-order valence-electron chi connectivity index (χ1n) is 8.50. The van der Waals surface area contributed by atoms with E-state index < -0.39 is 12.6 Å². The third-order valence-corrected chi connectivity index (χ3v) is 4.79. The van der Waals surface area contributed by atoms with E-state index in [2.05, 4.69) is 0 Å². The minimum Gasteiger partial charge on any atom is -0.493 e. The number of methoxy groups -OCH3 is 2. The maximum absolute atomic E-state index is 12.5. The summed E-state index contributed by atoms with van der Waals surface area (Å²) in [5, 5.41) is 0.870. The molecule has 0 amide bonds. The molecule has 3 rings (SSSR count). The van der Waals surface area contributed by atoms with Crippen LogP contribution >= 0.6 is 11.8 Å². The number of fused-ring (bicyclic) bond motifs is 1. The van der Waals surface area contributed by atoms with Gasteiger partial charge in [0.2, 0.25) is 5.76 Å². The standard InChI is InChI=1S/C21H20O6S/c1-24-18-9-8-13(10-19(18)25-2)16(22)11-26-21(23)20-15(12-28-3)14-6-4-5-7-17(14)27-20/h4-10H,11-12H2,1-3H3. The number of furan rings is 1. The van der Waals surface area contributed by atoms with Crippen LogP contribution in [0.25, 0.3) is 11.0 Å². The molecule has 0 aliphatic heterocycles. The quantitative estimate of drug-likeness (QED) is 0.411. The van der Waals surface area contributed by atoms with Gasteiger partial charge in [0.1, 0.15) is 5.58 Å². The molecule has 28 heavy (non-hydrogen) atoms. The Bertz CT molecular complexity index is 1010. The number of para-hydroxylation sites is 1. The second kappa shape index (κ2) is 8.84. The average molecular weight is 400 g/mol. The van der Waals surface area contributed by atoms with Crippen LogP contribution in [0.2, 0.25) is 0 Å². The fourth-order valence-corrected chi connectivity index (χ4v) is 3.42. The van der Waals surface area contributed by atoms with Gasteiger partial charge in [-0.1, -0.05) is 18.2 Å². The van der Waals surface area contributed by atoms with E-state index in [1.165, 1.54) is 14.2 Å². The number of carbonyl (C=O) groups is 2. The minimum atomic E-state index is -0.658. The van der Waals surface area contributed by atoms with Crippen LogP contribution < -0.4 is 9.47 Å². The third kappa shape index (κ3) is 3.99. The Labute approximate surface area is 166 Å². The van der Waals surface area contributed by atoms with Crippen molar-refractivity contribution in [2.45, 2.75) is 5.75 Å². The zero-order valence-electron chi connectivity index (χ0n) is 15.8. The van der Waals surface area contributed by atoms with E-state index in [1.54, 1.807) is 36.0 Å². The molecule has 0 saturated carbocycles. The second-order valence-corrected chi connectivity index (χ2v) is 6.77. The average Bonchev–Trinajstić information content (AvgIpc) is 3.10. The number of benzene rings is 2. The summed E-state index contributed by atoms with van der Waals surface area (Å²) in [5.74, 6) is 0.672. The zero-order valence-corrected chi connectivity index (χ0v) is 16.6. The number of carbonyl (C=O) groups excluding carboxylic acids is 2. The molecule has 0 fully saturated rings. The molecule has 0 atom stereocenters. The van der Waals surface area contributed by atoms with Crippen molar-refractivity contribution in [3.63, 3.8) is 0 Å².